The van der Waals surface area contributed by atoms with Gasteiger partial charge in [-0.1, -0.05) is 12.1 Å². The molecule has 0 aliphatic carbocycles. The molecule has 0 radical (unpaired) electrons. The highest BCUT2D eigenvalue weighted by Gasteiger charge is 2.40. The number of halogens is 3. The molecular formula is C17H19F3N2O3S. The van der Waals surface area contributed by atoms with E-state index in [9.17, 15) is 22.8 Å². The van der Waals surface area contributed by atoms with Gasteiger partial charge in [0.25, 0.3) is 0 Å². The Morgan fingerprint density at radius 3 is 2.42 bits per heavy atom. The maximum atomic E-state index is 12.7. The van der Waals surface area contributed by atoms with Crippen molar-refractivity contribution >= 4 is 23.6 Å². The number of hydrogen-bond acceptors (Lipinski definition) is 4. The van der Waals surface area contributed by atoms with E-state index in [1.54, 1.807) is 11.8 Å². The van der Waals surface area contributed by atoms with Gasteiger partial charge >= 0.3 is 6.18 Å². The van der Waals surface area contributed by atoms with Crippen molar-refractivity contribution < 1.29 is 27.5 Å². The summed E-state index contributed by atoms with van der Waals surface area (Å²) in [6, 6.07) is 4.76. The van der Waals surface area contributed by atoms with E-state index in [1.165, 1.54) is 28.8 Å². The first-order valence-electron chi connectivity index (χ1n) is 8.26. The summed E-state index contributed by atoms with van der Waals surface area (Å²) in [6.45, 7) is 3.55. The van der Waals surface area contributed by atoms with Crippen molar-refractivity contribution in [1.82, 2.24) is 9.80 Å². The van der Waals surface area contributed by atoms with E-state index in [4.69, 9.17) is 4.74 Å². The Kier molecular flexibility index (Phi) is 5.47. The molecule has 2 heterocycles. The third-order valence-electron chi connectivity index (χ3n) is 4.44. The Bertz CT molecular complexity index is 675. The molecule has 9 heteroatoms. The Morgan fingerprint density at radius 1 is 1.23 bits per heavy atom. The highest BCUT2D eigenvalue weighted by atomic mass is 32.2. The molecule has 2 aliphatic heterocycles. The molecule has 2 fully saturated rings. The van der Waals surface area contributed by atoms with Crippen LogP contribution in [0, 0.1) is 0 Å². The van der Waals surface area contributed by atoms with Gasteiger partial charge in [0.15, 0.2) is 0 Å². The maximum Gasteiger partial charge on any atom is 0.416 e. The number of alkyl halides is 3. The fourth-order valence-corrected chi connectivity index (χ4v) is 4.27. The zero-order chi connectivity index (χ0) is 18.9. The summed E-state index contributed by atoms with van der Waals surface area (Å²) in [5.74, 6) is -0.352. The second-order valence-electron chi connectivity index (χ2n) is 6.21. The van der Waals surface area contributed by atoms with Gasteiger partial charge in [-0.15, -0.1) is 11.8 Å². The smallest absolute Gasteiger partial charge is 0.378 e. The third-order valence-corrected chi connectivity index (χ3v) is 5.83. The van der Waals surface area contributed by atoms with Crippen LogP contribution in [0.5, 0.6) is 0 Å². The van der Waals surface area contributed by atoms with Crippen molar-refractivity contribution in [3.05, 3.63) is 35.4 Å². The Hall–Kier alpha value is -1.74. The van der Waals surface area contributed by atoms with Crippen LogP contribution in [0.25, 0.3) is 0 Å². The fourth-order valence-electron chi connectivity index (χ4n) is 2.99. The summed E-state index contributed by atoms with van der Waals surface area (Å²) in [5.41, 5.74) is -0.157. The average Bonchev–Trinajstić information content (AvgIpc) is 2.90. The molecule has 2 saturated heterocycles. The van der Waals surface area contributed by atoms with Gasteiger partial charge in [0.1, 0.15) is 11.9 Å². The van der Waals surface area contributed by atoms with Gasteiger partial charge < -0.3 is 14.5 Å². The first-order chi connectivity index (χ1) is 12.3. The molecule has 26 heavy (non-hydrogen) atoms. The molecule has 0 spiro atoms. The number of morpholine rings is 1. The minimum atomic E-state index is -4.41. The van der Waals surface area contributed by atoms with Crippen molar-refractivity contribution in [2.45, 2.75) is 23.7 Å². The molecule has 5 nitrogen and oxygen atoms in total. The largest absolute Gasteiger partial charge is 0.416 e. The van der Waals surface area contributed by atoms with Crippen LogP contribution in [0.15, 0.2) is 24.3 Å². The lowest BCUT2D eigenvalue weighted by molar-refractivity contribution is -0.142. The molecule has 142 valence electrons. The Morgan fingerprint density at radius 2 is 1.85 bits per heavy atom. The van der Waals surface area contributed by atoms with Crippen molar-refractivity contribution in [2.75, 3.05) is 32.8 Å². The Labute approximate surface area is 153 Å². The fraction of sp³-hybridized carbons (Fsp3) is 0.529. The number of carbonyl (C=O) groups excluding carboxylic acids is 2. The predicted molar refractivity (Wildman–Crippen MR) is 90.4 cm³/mol. The normalized spacial score (nSPS) is 24.2. The van der Waals surface area contributed by atoms with E-state index in [1.807, 2.05) is 0 Å². The average molecular weight is 388 g/mol. The van der Waals surface area contributed by atoms with Crippen molar-refractivity contribution in [1.29, 1.82) is 0 Å². The number of thioether (sulfide) groups is 1. The summed E-state index contributed by atoms with van der Waals surface area (Å²) >= 11 is 1.34. The molecule has 2 atom stereocenters. The van der Waals surface area contributed by atoms with E-state index in [0.29, 0.717) is 31.9 Å². The number of nitrogens with zero attached hydrogens (tertiary/aromatic N) is 2. The number of hydrogen-bond donors (Lipinski definition) is 0. The van der Waals surface area contributed by atoms with E-state index in [2.05, 4.69) is 0 Å². The van der Waals surface area contributed by atoms with E-state index >= 15 is 0 Å². The zero-order valence-electron chi connectivity index (χ0n) is 14.2. The molecule has 0 aromatic heterocycles. The van der Waals surface area contributed by atoms with Gasteiger partial charge in [-0.25, -0.2) is 0 Å². The molecule has 0 saturated carbocycles. The SMILES string of the molecule is C[C@@H]1S[C@H](c2ccc(C(F)(F)F)cc2)N(CC(=O)N2CCOCC2)C1=O. The summed E-state index contributed by atoms with van der Waals surface area (Å²) in [6.07, 6.45) is -4.41. The van der Waals surface area contributed by atoms with Crippen LogP contribution in [0.1, 0.15) is 23.4 Å². The van der Waals surface area contributed by atoms with Crippen LogP contribution in [-0.4, -0.2) is 59.7 Å². The maximum absolute atomic E-state index is 12.7. The molecular weight excluding hydrogens is 369 g/mol. The first-order valence-corrected chi connectivity index (χ1v) is 9.20. The molecule has 1 aromatic carbocycles. The minimum absolute atomic E-state index is 0.0815. The van der Waals surface area contributed by atoms with E-state index in [-0.39, 0.29) is 23.6 Å². The monoisotopic (exact) mass is 388 g/mol. The van der Waals surface area contributed by atoms with Crippen molar-refractivity contribution in [3.8, 4) is 0 Å². The second kappa shape index (κ2) is 7.48. The highest BCUT2D eigenvalue weighted by molar-refractivity contribution is 8.01. The third kappa shape index (κ3) is 3.98. The summed E-state index contributed by atoms with van der Waals surface area (Å²) in [5, 5.41) is -0.815. The van der Waals surface area contributed by atoms with Crippen LogP contribution in [0.3, 0.4) is 0 Å². The number of amides is 2. The standard InChI is InChI=1S/C17H19F3N2O3S/c1-11-15(24)22(10-14(23)21-6-8-25-9-7-21)16(26-11)12-2-4-13(5-3-12)17(18,19)20/h2-5,11,16H,6-10H2,1H3/t11-,16+/m0/s1. The van der Waals surface area contributed by atoms with Gasteiger partial charge in [-0.05, 0) is 24.6 Å². The minimum Gasteiger partial charge on any atom is -0.378 e. The Balaban J connectivity index is 1.76. The summed E-state index contributed by atoms with van der Waals surface area (Å²) < 4.78 is 43.5. The van der Waals surface area contributed by atoms with Crippen LogP contribution in [-0.2, 0) is 20.5 Å². The van der Waals surface area contributed by atoms with Crippen LogP contribution >= 0.6 is 11.8 Å². The van der Waals surface area contributed by atoms with Crippen LogP contribution < -0.4 is 0 Å². The first kappa shape index (κ1) is 19.0. The lowest BCUT2D eigenvalue weighted by Gasteiger charge is -2.30. The predicted octanol–water partition coefficient (Wildman–Crippen LogP) is 2.53. The topological polar surface area (TPSA) is 49.9 Å². The van der Waals surface area contributed by atoms with Crippen LogP contribution in [0.2, 0.25) is 0 Å². The summed E-state index contributed by atoms with van der Waals surface area (Å²) in [7, 11) is 0. The number of ether oxygens (including phenoxy) is 1. The number of benzene rings is 1. The molecule has 3 rings (SSSR count). The zero-order valence-corrected chi connectivity index (χ0v) is 15.0. The second-order valence-corrected chi connectivity index (χ2v) is 7.64. The summed E-state index contributed by atoms with van der Waals surface area (Å²) in [4.78, 5) is 28.1. The lowest BCUT2D eigenvalue weighted by atomic mass is 10.1. The van der Waals surface area contributed by atoms with E-state index in [0.717, 1.165) is 12.1 Å². The van der Waals surface area contributed by atoms with Crippen LogP contribution in [0.4, 0.5) is 13.2 Å². The molecule has 2 amide bonds. The molecule has 0 bridgehead atoms. The lowest BCUT2D eigenvalue weighted by Crippen LogP contribution is -2.46. The van der Waals surface area contributed by atoms with Gasteiger partial charge in [0.05, 0.1) is 24.0 Å². The highest BCUT2D eigenvalue weighted by Crippen LogP contribution is 2.43. The molecule has 0 N–H and O–H groups in total. The van der Waals surface area contributed by atoms with Gasteiger partial charge in [-0.2, -0.15) is 13.2 Å². The molecule has 0 unspecified atom stereocenters. The van der Waals surface area contributed by atoms with E-state index < -0.39 is 17.1 Å². The quantitative estimate of drug-likeness (QED) is 0.799. The number of carbonyl (C=O) groups is 2. The van der Waals surface area contributed by atoms with Gasteiger partial charge in [0, 0.05) is 13.1 Å². The van der Waals surface area contributed by atoms with Gasteiger partial charge in [-0.3, -0.25) is 9.59 Å². The van der Waals surface area contributed by atoms with Crippen molar-refractivity contribution in [3.63, 3.8) is 0 Å². The van der Waals surface area contributed by atoms with Gasteiger partial charge in [0.2, 0.25) is 11.8 Å². The number of rotatable bonds is 3. The molecule has 2 aliphatic rings. The molecule has 1 aromatic rings. The van der Waals surface area contributed by atoms with Crippen molar-refractivity contribution in [2.24, 2.45) is 0 Å².